The quantitative estimate of drug-likeness (QED) is 0.787. The Labute approximate surface area is 109 Å². The predicted octanol–water partition coefficient (Wildman–Crippen LogP) is 3.12. The van der Waals surface area contributed by atoms with Gasteiger partial charge in [0, 0.05) is 5.56 Å². The van der Waals surface area contributed by atoms with Crippen LogP contribution in [0.4, 0.5) is 0 Å². The van der Waals surface area contributed by atoms with Gasteiger partial charge >= 0.3 is 0 Å². The van der Waals surface area contributed by atoms with Crippen LogP contribution in [0.15, 0.2) is 28.9 Å². The van der Waals surface area contributed by atoms with Crippen molar-refractivity contribution in [3.8, 4) is 0 Å². The zero-order chi connectivity index (χ0) is 12.8. The molecular weight excluding hydrogens is 226 g/mol. The Bertz CT molecular complexity index is 384. The maximum absolute atomic E-state index is 5.85. The highest BCUT2D eigenvalue weighted by atomic mass is 16.5. The molecule has 0 fully saturated rings. The second-order valence-corrected chi connectivity index (χ2v) is 5.09. The van der Waals surface area contributed by atoms with Crippen LogP contribution in [0, 0.1) is 11.8 Å². The first-order valence-electron chi connectivity index (χ1n) is 6.74. The highest BCUT2D eigenvalue weighted by molar-refractivity contribution is 5.15. The molecule has 1 N–H and O–H groups in total. The number of hydrogen-bond donors (Lipinski definition) is 1. The summed E-state index contributed by atoms with van der Waals surface area (Å²) in [5.74, 6) is 2.37. The maximum Gasteiger partial charge on any atom is 0.123 e. The van der Waals surface area contributed by atoms with Gasteiger partial charge in [0.05, 0.1) is 26.0 Å². The minimum Gasteiger partial charge on any atom is -0.468 e. The fourth-order valence-corrected chi connectivity index (χ4v) is 2.37. The highest BCUT2D eigenvalue weighted by Crippen LogP contribution is 2.25. The summed E-state index contributed by atoms with van der Waals surface area (Å²) in [7, 11) is 1.92. The van der Waals surface area contributed by atoms with Gasteiger partial charge in [-0.05, 0) is 37.8 Å². The Morgan fingerprint density at radius 1 is 1.39 bits per heavy atom. The van der Waals surface area contributed by atoms with Crippen LogP contribution in [-0.2, 0) is 17.9 Å². The normalized spacial score (nSPS) is 23.4. The molecule has 0 radical (unpaired) electrons. The summed E-state index contributed by atoms with van der Waals surface area (Å²) in [5.41, 5.74) is 1.16. The van der Waals surface area contributed by atoms with Gasteiger partial charge in [0.15, 0.2) is 0 Å². The fraction of sp³-hybridized carbons (Fsp3) is 0.600. The van der Waals surface area contributed by atoms with E-state index in [1.54, 1.807) is 6.26 Å². The Balaban J connectivity index is 1.77. The third-order valence-corrected chi connectivity index (χ3v) is 3.68. The Morgan fingerprint density at radius 2 is 2.22 bits per heavy atom. The average Bonchev–Trinajstić information content (AvgIpc) is 2.80. The van der Waals surface area contributed by atoms with E-state index in [0.717, 1.165) is 36.8 Å². The Morgan fingerprint density at radius 3 is 3.00 bits per heavy atom. The topological polar surface area (TPSA) is 34.4 Å². The Kier molecular flexibility index (Phi) is 5.02. The van der Waals surface area contributed by atoms with E-state index in [1.165, 1.54) is 6.42 Å². The molecule has 3 nitrogen and oxygen atoms in total. The third kappa shape index (κ3) is 3.47. The van der Waals surface area contributed by atoms with E-state index < -0.39 is 0 Å². The number of hydrogen-bond acceptors (Lipinski definition) is 3. The summed E-state index contributed by atoms with van der Waals surface area (Å²) in [6, 6.07) is 2.00. The molecule has 18 heavy (non-hydrogen) atoms. The van der Waals surface area contributed by atoms with E-state index >= 15 is 0 Å². The van der Waals surface area contributed by atoms with Gasteiger partial charge in [-0.25, -0.2) is 0 Å². The van der Waals surface area contributed by atoms with Crippen LogP contribution in [0.3, 0.4) is 0 Å². The lowest BCUT2D eigenvalue weighted by Crippen LogP contribution is -2.19. The molecule has 2 rings (SSSR count). The van der Waals surface area contributed by atoms with Crippen LogP contribution in [0.5, 0.6) is 0 Å². The maximum atomic E-state index is 5.85. The molecule has 0 aliphatic heterocycles. The lowest BCUT2D eigenvalue weighted by Gasteiger charge is -2.24. The van der Waals surface area contributed by atoms with Crippen molar-refractivity contribution in [2.45, 2.75) is 32.9 Å². The van der Waals surface area contributed by atoms with Crippen LogP contribution in [0.2, 0.25) is 0 Å². The standard InChI is InChI=1S/C15H23NO2/c1-12-5-3-4-6-13(12)10-17-11-14-7-8-18-15(14)9-16-2/h3-4,7-8,12-13,16H,5-6,9-11H2,1-2H3. The van der Waals surface area contributed by atoms with Crippen molar-refractivity contribution < 1.29 is 9.15 Å². The number of rotatable bonds is 6. The highest BCUT2D eigenvalue weighted by Gasteiger charge is 2.18. The number of ether oxygens (including phenoxy) is 1. The molecule has 100 valence electrons. The molecule has 0 bridgehead atoms. The van der Waals surface area contributed by atoms with Crippen LogP contribution < -0.4 is 5.32 Å². The van der Waals surface area contributed by atoms with E-state index in [-0.39, 0.29) is 0 Å². The summed E-state index contributed by atoms with van der Waals surface area (Å²) < 4.78 is 11.3. The van der Waals surface area contributed by atoms with Gasteiger partial charge in [-0.3, -0.25) is 0 Å². The van der Waals surface area contributed by atoms with Crippen molar-refractivity contribution in [1.29, 1.82) is 0 Å². The summed E-state index contributed by atoms with van der Waals surface area (Å²) in [5, 5.41) is 3.10. The number of nitrogens with one attached hydrogen (secondary N) is 1. The van der Waals surface area contributed by atoms with E-state index in [4.69, 9.17) is 9.15 Å². The second-order valence-electron chi connectivity index (χ2n) is 5.09. The predicted molar refractivity (Wildman–Crippen MR) is 72.2 cm³/mol. The smallest absolute Gasteiger partial charge is 0.123 e. The largest absolute Gasteiger partial charge is 0.468 e. The van der Waals surface area contributed by atoms with Gasteiger partial charge in [0.25, 0.3) is 0 Å². The van der Waals surface area contributed by atoms with E-state index in [9.17, 15) is 0 Å². The van der Waals surface area contributed by atoms with Gasteiger partial charge in [-0.1, -0.05) is 19.1 Å². The molecule has 0 amide bonds. The number of allylic oxidation sites excluding steroid dienone is 2. The summed E-state index contributed by atoms with van der Waals surface area (Å²) in [6.45, 7) is 4.56. The van der Waals surface area contributed by atoms with Gasteiger partial charge in [-0.2, -0.15) is 0 Å². The Hall–Kier alpha value is -1.06. The van der Waals surface area contributed by atoms with Gasteiger partial charge in [0.2, 0.25) is 0 Å². The molecule has 2 atom stereocenters. The van der Waals surface area contributed by atoms with Crippen molar-refractivity contribution in [3.63, 3.8) is 0 Å². The van der Waals surface area contributed by atoms with Crippen molar-refractivity contribution >= 4 is 0 Å². The van der Waals surface area contributed by atoms with Crippen molar-refractivity contribution in [3.05, 3.63) is 35.8 Å². The van der Waals surface area contributed by atoms with E-state index in [0.29, 0.717) is 12.5 Å². The molecule has 1 aliphatic rings. The average molecular weight is 249 g/mol. The SMILES string of the molecule is CNCc1occc1COCC1CC=CCC1C. The zero-order valence-corrected chi connectivity index (χ0v) is 11.3. The lowest BCUT2D eigenvalue weighted by atomic mass is 9.85. The second kappa shape index (κ2) is 6.76. The van der Waals surface area contributed by atoms with Crippen LogP contribution in [0.1, 0.15) is 31.1 Å². The zero-order valence-electron chi connectivity index (χ0n) is 11.3. The van der Waals surface area contributed by atoms with E-state index in [2.05, 4.69) is 24.4 Å². The van der Waals surface area contributed by atoms with Gasteiger partial charge in [-0.15, -0.1) is 0 Å². The van der Waals surface area contributed by atoms with Gasteiger partial charge < -0.3 is 14.5 Å². The molecule has 3 heteroatoms. The first kappa shape index (κ1) is 13.4. The van der Waals surface area contributed by atoms with Crippen LogP contribution in [-0.4, -0.2) is 13.7 Å². The molecule has 0 aromatic carbocycles. The molecule has 0 saturated heterocycles. The first-order chi connectivity index (χ1) is 8.81. The summed E-state index contributed by atoms with van der Waals surface area (Å²) in [4.78, 5) is 0. The molecule has 1 aliphatic carbocycles. The molecule has 1 aromatic rings. The minimum atomic E-state index is 0.653. The fourth-order valence-electron chi connectivity index (χ4n) is 2.37. The van der Waals surface area contributed by atoms with Crippen LogP contribution >= 0.6 is 0 Å². The third-order valence-electron chi connectivity index (χ3n) is 3.68. The molecule has 0 spiro atoms. The molecular formula is C15H23NO2. The van der Waals surface area contributed by atoms with Crippen LogP contribution in [0.25, 0.3) is 0 Å². The molecule has 1 heterocycles. The van der Waals surface area contributed by atoms with E-state index in [1.807, 2.05) is 13.1 Å². The first-order valence-corrected chi connectivity index (χ1v) is 6.74. The lowest BCUT2D eigenvalue weighted by molar-refractivity contribution is 0.0672. The summed E-state index contributed by atoms with van der Waals surface area (Å²) in [6.07, 6.45) is 8.62. The van der Waals surface area contributed by atoms with Crippen molar-refractivity contribution in [2.75, 3.05) is 13.7 Å². The monoisotopic (exact) mass is 249 g/mol. The number of furan rings is 1. The molecule has 1 aromatic heterocycles. The van der Waals surface area contributed by atoms with Crippen molar-refractivity contribution in [1.82, 2.24) is 5.32 Å². The van der Waals surface area contributed by atoms with Gasteiger partial charge in [0.1, 0.15) is 5.76 Å². The summed E-state index contributed by atoms with van der Waals surface area (Å²) >= 11 is 0. The molecule has 0 saturated carbocycles. The molecule has 2 unspecified atom stereocenters. The minimum absolute atomic E-state index is 0.653. The van der Waals surface area contributed by atoms with Crippen molar-refractivity contribution in [2.24, 2.45) is 11.8 Å².